The molecule has 0 saturated carbocycles. The molecular weight excluding hydrogens is 306 g/mol. The van der Waals surface area contributed by atoms with E-state index in [1.807, 2.05) is 26.2 Å². The van der Waals surface area contributed by atoms with Gasteiger partial charge in [-0.3, -0.25) is 9.59 Å². The Labute approximate surface area is 141 Å². The minimum absolute atomic E-state index is 0.105. The Bertz CT molecular complexity index is 649. The van der Waals surface area contributed by atoms with E-state index in [2.05, 4.69) is 27.7 Å². The summed E-state index contributed by atoms with van der Waals surface area (Å²) >= 11 is 0. The van der Waals surface area contributed by atoms with Gasteiger partial charge in [0.15, 0.2) is 5.76 Å². The maximum atomic E-state index is 11.8. The summed E-state index contributed by atoms with van der Waals surface area (Å²) in [6.07, 6.45) is 1.66. The van der Waals surface area contributed by atoms with Gasteiger partial charge >= 0.3 is 0 Å². The van der Waals surface area contributed by atoms with Gasteiger partial charge in [0, 0.05) is 26.1 Å². The van der Waals surface area contributed by atoms with Gasteiger partial charge in [0.05, 0.1) is 6.26 Å². The van der Waals surface area contributed by atoms with Crippen molar-refractivity contribution >= 4 is 11.8 Å². The standard InChI is InChI=1S/C18H23N3O3/c1-21(2)13-15-7-5-14(6-8-15)12-20-17(22)9-10-19-18(23)16-4-3-11-24-16/h3-8,11H,9-10,12-13H2,1-2H3,(H,19,23)(H,20,22). The molecule has 128 valence electrons. The second-order valence-corrected chi connectivity index (χ2v) is 5.81. The van der Waals surface area contributed by atoms with Crippen molar-refractivity contribution in [2.45, 2.75) is 19.5 Å². The van der Waals surface area contributed by atoms with Crippen LogP contribution in [0.25, 0.3) is 0 Å². The number of hydrogen-bond donors (Lipinski definition) is 2. The van der Waals surface area contributed by atoms with E-state index in [1.54, 1.807) is 12.1 Å². The normalized spacial score (nSPS) is 10.6. The first-order valence-corrected chi connectivity index (χ1v) is 7.85. The van der Waals surface area contributed by atoms with Crippen molar-refractivity contribution in [3.63, 3.8) is 0 Å². The van der Waals surface area contributed by atoms with Crippen LogP contribution in [-0.2, 0) is 17.9 Å². The maximum absolute atomic E-state index is 11.8. The summed E-state index contributed by atoms with van der Waals surface area (Å²) in [5, 5.41) is 5.49. The lowest BCUT2D eigenvalue weighted by molar-refractivity contribution is -0.121. The van der Waals surface area contributed by atoms with Crippen LogP contribution in [0.4, 0.5) is 0 Å². The Hall–Kier alpha value is -2.60. The van der Waals surface area contributed by atoms with Gasteiger partial charge in [-0.1, -0.05) is 24.3 Å². The van der Waals surface area contributed by atoms with Gasteiger partial charge in [0.25, 0.3) is 5.91 Å². The second kappa shape index (κ2) is 8.88. The van der Waals surface area contributed by atoms with Crippen LogP contribution in [0.3, 0.4) is 0 Å². The first-order valence-electron chi connectivity index (χ1n) is 7.85. The molecule has 0 unspecified atom stereocenters. The Morgan fingerprint density at radius 2 is 1.75 bits per heavy atom. The van der Waals surface area contributed by atoms with Crippen molar-refractivity contribution in [3.05, 3.63) is 59.5 Å². The van der Waals surface area contributed by atoms with Gasteiger partial charge in [-0.15, -0.1) is 0 Å². The maximum Gasteiger partial charge on any atom is 0.286 e. The fourth-order valence-corrected chi connectivity index (χ4v) is 2.20. The molecule has 0 aliphatic heterocycles. The highest BCUT2D eigenvalue weighted by Gasteiger charge is 2.08. The smallest absolute Gasteiger partial charge is 0.286 e. The minimum atomic E-state index is -0.315. The molecule has 0 fully saturated rings. The number of carbonyl (C=O) groups excluding carboxylic acids is 2. The molecule has 2 aromatic rings. The molecule has 2 N–H and O–H groups in total. The summed E-state index contributed by atoms with van der Waals surface area (Å²) in [4.78, 5) is 25.5. The van der Waals surface area contributed by atoms with Crippen molar-refractivity contribution in [1.82, 2.24) is 15.5 Å². The quantitative estimate of drug-likeness (QED) is 0.774. The second-order valence-electron chi connectivity index (χ2n) is 5.81. The molecule has 0 spiro atoms. The molecule has 6 heteroatoms. The molecule has 1 aromatic heterocycles. The van der Waals surface area contributed by atoms with E-state index >= 15 is 0 Å². The Balaban J connectivity index is 1.66. The average Bonchev–Trinajstić information content (AvgIpc) is 3.08. The van der Waals surface area contributed by atoms with E-state index < -0.39 is 0 Å². The molecule has 6 nitrogen and oxygen atoms in total. The van der Waals surface area contributed by atoms with Gasteiger partial charge in [-0.05, 0) is 37.4 Å². The van der Waals surface area contributed by atoms with Crippen LogP contribution in [0.15, 0.2) is 47.1 Å². The van der Waals surface area contributed by atoms with Crippen LogP contribution in [-0.4, -0.2) is 37.4 Å². The van der Waals surface area contributed by atoms with Crippen molar-refractivity contribution in [2.24, 2.45) is 0 Å². The minimum Gasteiger partial charge on any atom is -0.459 e. The van der Waals surface area contributed by atoms with Crippen LogP contribution in [0.2, 0.25) is 0 Å². The van der Waals surface area contributed by atoms with E-state index in [4.69, 9.17) is 4.42 Å². The average molecular weight is 329 g/mol. The third kappa shape index (κ3) is 5.89. The highest BCUT2D eigenvalue weighted by atomic mass is 16.3. The third-order valence-corrected chi connectivity index (χ3v) is 3.39. The molecule has 2 amide bonds. The molecule has 0 aliphatic rings. The zero-order valence-corrected chi connectivity index (χ0v) is 14.0. The summed E-state index contributed by atoms with van der Waals surface area (Å²) in [5.41, 5.74) is 2.28. The summed E-state index contributed by atoms with van der Waals surface area (Å²) < 4.78 is 4.98. The third-order valence-electron chi connectivity index (χ3n) is 3.39. The predicted octanol–water partition coefficient (Wildman–Crippen LogP) is 1.78. The molecule has 2 rings (SSSR count). The number of nitrogens with one attached hydrogen (secondary N) is 2. The van der Waals surface area contributed by atoms with Gasteiger partial charge in [0.1, 0.15) is 0 Å². The van der Waals surface area contributed by atoms with Crippen LogP contribution in [0, 0.1) is 0 Å². The van der Waals surface area contributed by atoms with Crippen molar-refractivity contribution < 1.29 is 14.0 Å². The summed E-state index contributed by atoms with van der Waals surface area (Å²) in [6, 6.07) is 11.4. The SMILES string of the molecule is CN(C)Cc1ccc(CNC(=O)CCNC(=O)c2ccco2)cc1. The molecule has 0 bridgehead atoms. The summed E-state index contributed by atoms with van der Waals surface area (Å²) in [5.74, 6) is -0.176. The first kappa shape index (κ1) is 17.7. The lowest BCUT2D eigenvalue weighted by atomic mass is 10.1. The summed E-state index contributed by atoms with van der Waals surface area (Å²) in [6.45, 7) is 1.64. The van der Waals surface area contributed by atoms with Crippen LogP contribution < -0.4 is 10.6 Å². The van der Waals surface area contributed by atoms with E-state index in [9.17, 15) is 9.59 Å². The Morgan fingerprint density at radius 3 is 2.38 bits per heavy atom. The number of carbonyl (C=O) groups is 2. The fourth-order valence-electron chi connectivity index (χ4n) is 2.20. The predicted molar refractivity (Wildman–Crippen MR) is 91.3 cm³/mol. The monoisotopic (exact) mass is 329 g/mol. The van der Waals surface area contributed by atoms with Crippen molar-refractivity contribution in [3.8, 4) is 0 Å². The highest BCUT2D eigenvalue weighted by Crippen LogP contribution is 2.06. The lowest BCUT2D eigenvalue weighted by Gasteiger charge is -2.10. The molecule has 1 aromatic carbocycles. The lowest BCUT2D eigenvalue weighted by Crippen LogP contribution is -2.30. The summed E-state index contributed by atoms with van der Waals surface area (Å²) in [7, 11) is 4.05. The fraction of sp³-hybridized carbons (Fsp3) is 0.333. The van der Waals surface area contributed by atoms with E-state index in [-0.39, 0.29) is 30.5 Å². The molecule has 0 saturated heterocycles. The molecule has 0 radical (unpaired) electrons. The topological polar surface area (TPSA) is 74.6 Å². The number of nitrogens with zero attached hydrogens (tertiary/aromatic N) is 1. The van der Waals surface area contributed by atoms with Crippen LogP contribution >= 0.6 is 0 Å². The molecular formula is C18H23N3O3. The Morgan fingerprint density at radius 1 is 1.04 bits per heavy atom. The number of benzene rings is 1. The number of amides is 2. The zero-order chi connectivity index (χ0) is 17.4. The van der Waals surface area contributed by atoms with Gasteiger partial charge in [0.2, 0.25) is 5.91 Å². The molecule has 0 atom stereocenters. The van der Waals surface area contributed by atoms with Crippen molar-refractivity contribution in [2.75, 3.05) is 20.6 Å². The zero-order valence-electron chi connectivity index (χ0n) is 14.0. The number of furan rings is 1. The number of hydrogen-bond acceptors (Lipinski definition) is 4. The highest BCUT2D eigenvalue weighted by molar-refractivity contribution is 5.91. The Kier molecular flexibility index (Phi) is 6.57. The first-order chi connectivity index (χ1) is 11.5. The van der Waals surface area contributed by atoms with Crippen LogP contribution in [0.1, 0.15) is 28.1 Å². The van der Waals surface area contributed by atoms with E-state index in [0.29, 0.717) is 6.54 Å². The van der Waals surface area contributed by atoms with E-state index in [0.717, 1.165) is 12.1 Å². The molecule has 1 heterocycles. The van der Waals surface area contributed by atoms with Crippen molar-refractivity contribution in [1.29, 1.82) is 0 Å². The van der Waals surface area contributed by atoms with E-state index in [1.165, 1.54) is 11.8 Å². The largest absolute Gasteiger partial charge is 0.459 e. The molecule has 0 aliphatic carbocycles. The molecule has 24 heavy (non-hydrogen) atoms. The van der Waals surface area contributed by atoms with Gasteiger partial charge < -0.3 is 20.0 Å². The van der Waals surface area contributed by atoms with Gasteiger partial charge in [-0.25, -0.2) is 0 Å². The van der Waals surface area contributed by atoms with Gasteiger partial charge in [-0.2, -0.15) is 0 Å². The number of rotatable bonds is 8. The van der Waals surface area contributed by atoms with Crippen LogP contribution in [0.5, 0.6) is 0 Å².